The van der Waals surface area contributed by atoms with Gasteiger partial charge in [-0.25, -0.2) is 13.4 Å². The molecule has 0 aliphatic rings. The molecule has 0 saturated carbocycles. The van der Waals surface area contributed by atoms with Crippen LogP contribution in [0, 0.1) is 11.8 Å². The number of anilines is 1. The van der Waals surface area contributed by atoms with Crippen LogP contribution in [0.3, 0.4) is 0 Å². The number of hydrogen-bond acceptors (Lipinski definition) is 6. The van der Waals surface area contributed by atoms with Crippen molar-refractivity contribution in [2.75, 3.05) is 39.4 Å². The number of imidazole rings is 1. The van der Waals surface area contributed by atoms with Crippen LogP contribution in [0.1, 0.15) is 11.4 Å². The lowest BCUT2D eigenvalue weighted by Gasteiger charge is -2.20. The molecule has 0 aliphatic heterocycles. The van der Waals surface area contributed by atoms with Crippen molar-refractivity contribution in [3.8, 4) is 17.6 Å². The summed E-state index contributed by atoms with van der Waals surface area (Å²) in [6, 6.07) is 8.61. The van der Waals surface area contributed by atoms with E-state index in [1.807, 2.05) is 0 Å². The Kier molecular flexibility index (Phi) is 10.3. The van der Waals surface area contributed by atoms with Gasteiger partial charge >= 0.3 is 6.18 Å². The van der Waals surface area contributed by atoms with Crippen LogP contribution in [0.4, 0.5) is 18.9 Å². The van der Waals surface area contributed by atoms with Crippen LogP contribution in [-0.2, 0) is 21.2 Å². The number of nitrogens with zero attached hydrogens (tertiary/aromatic N) is 3. The average Bonchev–Trinajstić information content (AvgIpc) is 3.20. The molecule has 218 valence electrons. The van der Waals surface area contributed by atoms with Gasteiger partial charge in [0, 0.05) is 34.0 Å². The number of methoxy groups -OCH3 is 1. The van der Waals surface area contributed by atoms with E-state index in [0.29, 0.717) is 22.4 Å². The van der Waals surface area contributed by atoms with Gasteiger partial charge in [-0.2, -0.15) is 17.5 Å². The summed E-state index contributed by atoms with van der Waals surface area (Å²) < 4.78 is 79.7. The van der Waals surface area contributed by atoms with E-state index in [2.05, 4.69) is 57.7 Å². The molecule has 14 heteroatoms. The van der Waals surface area contributed by atoms with Gasteiger partial charge in [-0.15, -0.1) is 0 Å². The number of sulfonamides is 1. The molecular weight excluding hydrogens is 629 g/mol. The molecule has 3 rings (SSSR count). The molecule has 0 atom stereocenters. The second-order valence-corrected chi connectivity index (χ2v) is 18.7. The van der Waals surface area contributed by atoms with Crippen molar-refractivity contribution in [3.05, 3.63) is 52.4 Å². The van der Waals surface area contributed by atoms with Gasteiger partial charge in [-0.05, 0) is 52.2 Å². The molecule has 0 amide bonds. The monoisotopic (exact) mass is 660 g/mol. The molecule has 0 unspecified atom stereocenters. The summed E-state index contributed by atoms with van der Waals surface area (Å²) in [5.41, 5.74) is 0.772. The lowest BCUT2D eigenvalue weighted by Crippen LogP contribution is -2.30. The van der Waals surface area contributed by atoms with E-state index in [1.54, 1.807) is 18.2 Å². The lowest BCUT2D eigenvalue weighted by atomic mass is 10.2. The van der Waals surface area contributed by atoms with Crippen LogP contribution in [-0.4, -0.2) is 70.4 Å². The van der Waals surface area contributed by atoms with Crippen molar-refractivity contribution in [1.82, 2.24) is 13.7 Å². The Bertz CT molecular complexity index is 1510. The van der Waals surface area contributed by atoms with E-state index in [4.69, 9.17) is 9.47 Å². The van der Waals surface area contributed by atoms with Crippen molar-refractivity contribution >= 4 is 45.4 Å². The quantitative estimate of drug-likeness (QED) is 0.125. The summed E-state index contributed by atoms with van der Waals surface area (Å²) in [5.74, 6) is 5.79. The molecule has 0 radical (unpaired) electrons. The number of pyridine rings is 1. The normalized spacial score (nSPS) is 12.4. The van der Waals surface area contributed by atoms with Crippen LogP contribution in [0.25, 0.3) is 5.65 Å². The van der Waals surface area contributed by atoms with Crippen molar-refractivity contribution in [2.45, 2.75) is 43.2 Å². The third-order valence-corrected chi connectivity index (χ3v) is 9.89. The first-order chi connectivity index (χ1) is 18.6. The van der Waals surface area contributed by atoms with Crippen LogP contribution in [0.15, 0.2) is 45.9 Å². The first kappa shape index (κ1) is 31.9. The SMILES string of the molecule is COc1cc(S(=O)(=O)N(C)COCC[Si](C)(C)C)ccc1NCC#Cc1nc2c(Br)cccn2c1CC(F)(F)F. The van der Waals surface area contributed by atoms with Gasteiger partial charge in [-0.3, -0.25) is 0 Å². The first-order valence-electron chi connectivity index (χ1n) is 12.3. The molecule has 3 aromatic rings. The van der Waals surface area contributed by atoms with Crippen LogP contribution < -0.4 is 10.1 Å². The maximum Gasteiger partial charge on any atom is 0.394 e. The number of benzene rings is 1. The zero-order chi connectivity index (χ0) is 29.7. The van der Waals surface area contributed by atoms with Crippen LogP contribution in [0.5, 0.6) is 5.75 Å². The molecule has 0 fully saturated rings. The summed E-state index contributed by atoms with van der Waals surface area (Å²) in [4.78, 5) is 4.31. The number of ether oxygens (including phenoxy) is 2. The van der Waals surface area contributed by atoms with Crippen molar-refractivity contribution in [1.29, 1.82) is 0 Å². The van der Waals surface area contributed by atoms with Gasteiger partial charge < -0.3 is 19.2 Å². The summed E-state index contributed by atoms with van der Waals surface area (Å²) >= 11 is 3.31. The molecule has 0 aliphatic carbocycles. The third kappa shape index (κ3) is 8.47. The highest BCUT2D eigenvalue weighted by Crippen LogP contribution is 2.29. The van der Waals surface area contributed by atoms with Crippen molar-refractivity contribution in [2.24, 2.45) is 0 Å². The molecule has 1 aromatic carbocycles. The van der Waals surface area contributed by atoms with Crippen LogP contribution in [0.2, 0.25) is 25.7 Å². The Morgan fingerprint density at radius 3 is 2.60 bits per heavy atom. The van der Waals surface area contributed by atoms with E-state index in [0.717, 1.165) is 10.3 Å². The molecule has 0 saturated heterocycles. The molecule has 1 N–H and O–H groups in total. The van der Waals surface area contributed by atoms with Crippen molar-refractivity contribution < 1.29 is 31.1 Å². The number of fused-ring (bicyclic) bond motifs is 1. The first-order valence-corrected chi connectivity index (χ1v) is 18.2. The topological polar surface area (TPSA) is 85.2 Å². The molecule has 2 heterocycles. The van der Waals surface area contributed by atoms with Crippen LogP contribution >= 0.6 is 15.9 Å². The number of alkyl halides is 3. The van der Waals surface area contributed by atoms with Gasteiger partial charge in [0.1, 0.15) is 18.2 Å². The van der Waals surface area contributed by atoms with Gasteiger partial charge in [0.2, 0.25) is 10.0 Å². The Morgan fingerprint density at radius 1 is 1.23 bits per heavy atom. The highest BCUT2D eigenvalue weighted by atomic mass is 79.9. The highest BCUT2D eigenvalue weighted by molar-refractivity contribution is 9.10. The predicted molar refractivity (Wildman–Crippen MR) is 155 cm³/mol. The fraction of sp³-hybridized carbons (Fsp3) is 0.423. The van der Waals surface area contributed by atoms with Gasteiger partial charge in [-0.1, -0.05) is 25.6 Å². The van der Waals surface area contributed by atoms with E-state index in [-0.39, 0.29) is 35.3 Å². The van der Waals surface area contributed by atoms with Crippen molar-refractivity contribution in [3.63, 3.8) is 0 Å². The van der Waals surface area contributed by atoms with Gasteiger partial charge in [0.25, 0.3) is 0 Å². The minimum atomic E-state index is -4.43. The fourth-order valence-electron chi connectivity index (χ4n) is 3.61. The second kappa shape index (κ2) is 12.9. The summed E-state index contributed by atoms with van der Waals surface area (Å²) in [6.45, 7) is 7.12. The van der Waals surface area contributed by atoms with Gasteiger partial charge in [0.05, 0.1) is 40.8 Å². The molecule has 2 aromatic heterocycles. The lowest BCUT2D eigenvalue weighted by molar-refractivity contribution is -0.128. The highest BCUT2D eigenvalue weighted by Gasteiger charge is 2.31. The Morgan fingerprint density at radius 2 is 1.95 bits per heavy atom. The number of aromatic nitrogens is 2. The minimum absolute atomic E-state index is 0.0227. The zero-order valence-corrected chi connectivity index (χ0v) is 26.3. The van der Waals surface area contributed by atoms with E-state index in [1.165, 1.54) is 36.9 Å². The fourth-order valence-corrected chi connectivity index (χ4v) is 5.87. The minimum Gasteiger partial charge on any atom is -0.495 e. The van der Waals surface area contributed by atoms with E-state index < -0.39 is 30.7 Å². The summed E-state index contributed by atoms with van der Waals surface area (Å²) in [5, 5.41) is 3.02. The standard InChI is InChI=1S/C26H32BrF3N4O4SSi/c1-33(18-38-14-15-40(3,4)5)39(35,36)19-10-11-22(24(16-19)37-2)31-12-6-9-21-23(17-26(28,29)30)34-13-7-8-20(27)25(34)32-21/h7-8,10-11,13,16,31H,12,14-15,17-18H2,1-5H3. The third-order valence-electron chi connectivity index (χ3n) is 5.79. The predicted octanol–water partition coefficient (Wildman–Crippen LogP) is 5.61. The molecule has 0 bridgehead atoms. The molecular formula is C26H32BrF3N4O4SSi. The number of hydrogen-bond donors (Lipinski definition) is 1. The van der Waals surface area contributed by atoms with E-state index in [9.17, 15) is 21.6 Å². The summed E-state index contributed by atoms with van der Waals surface area (Å²) in [6.07, 6.45) is -4.10. The number of halogens is 4. The Labute approximate surface area is 242 Å². The average molecular weight is 662 g/mol. The maximum atomic E-state index is 13.2. The smallest absolute Gasteiger partial charge is 0.394 e. The molecule has 0 spiro atoms. The van der Waals surface area contributed by atoms with E-state index >= 15 is 0 Å². The second-order valence-electron chi connectivity index (χ2n) is 10.2. The van der Waals surface area contributed by atoms with Gasteiger partial charge in [0.15, 0.2) is 5.65 Å². The Hall–Kier alpha value is -2.57. The summed E-state index contributed by atoms with van der Waals surface area (Å²) in [7, 11) is -2.26. The largest absolute Gasteiger partial charge is 0.495 e. The number of rotatable bonds is 11. The Balaban J connectivity index is 1.73. The molecule has 8 nitrogen and oxygen atoms in total. The zero-order valence-electron chi connectivity index (χ0n) is 22.9. The molecule has 40 heavy (non-hydrogen) atoms. The number of nitrogens with one attached hydrogen (secondary N) is 1. The maximum absolute atomic E-state index is 13.2.